The quantitative estimate of drug-likeness (QED) is 0.311. The van der Waals surface area contributed by atoms with Gasteiger partial charge in [-0.1, -0.05) is 71.1 Å². The molecule has 20 heavy (non-hydrogen) atoms. The second-order valence-corrected chi connectivity index (χ2v) is 7.25. The number of rotatable bonds is 13. The van der Waals surface area contributed by atoms with E-state index >= 15 is 0 Å². The van der Waals surface area contributed by atoms with Gasteiger partial charge in [0, 0.05) is 0 Å². The highest BCUT2D eigenvalue weighted by atomic mass is 35.5. The summed E-state index contributed by atoms with van der Waals surface area (Å²) in [5, 5.41) is -2.46. The van der Waals surface area contributed by atoms with Gasteiger partial charge in [0.15, 0.2) is 5.25 Å². The fourth-order valence-electron chi connectivity index (χ4n) is 2.20. The SMILES string of the molecule is CCCCCCCCCCCCC(C(=O)Cl)S(=O)(=O)O. The zero-order chi connectivity index (χ0) is 15.4. The van der Waals surface area contributed by atoms with Crippen molar-refractivity contribution < 1.29 is 17.8 Å². The van der Waals surface area contributed by atoms with Crippen LogP contribution in [-0.4, -0.2) is 23.5 Å². The van der Waals surface area contributed by atoms with Crippen molar-refractivity contribution in [1.82, 2.24) is 0 Å². The van der Waals surface area contributed by atoms with Crippen molar-refractivity contribution in [2.45, 2.75) is 82.8 Å². The molecule has 0 spiro atoms. The Morgan fingerprint density at radius 1 is 0.950 bits per heavy atom. The maximum Gasteiger partial charge on any atom is 0.276 e. The maximum absolute atomic E-state index is 10.9. The zero-order valence-corrected chi connectivity index (χ0v) is 13.9. The number of unbranched alkanes of at least 4 members (excludes halogenated alkanes) is 9. The van der Waals surface area contributed by atoms with Crippen LogP contribution in [0.3, 0.4) is 0 Å². The summed E-state index contributed by atoms with van der Waals surface area (Å²) in [5.41, 5.74) is 0. The van der Waals surface area contributed by atoms with E-state index in [1.54, 1.807) is 0 Å². The van der Waals surface area contributed by atoms with Gasteiger partial charge in [-0.3, -0.25) is 9.35 Å². The van der Waals surface area contributed by atoms with Crippen LogP contribution in [0.1, 0.15) is 77.6 Å². The molecule has 0 aliphatic heterocycles. The average molecular weight is 327 g/mol. The van der Waals surface area contributed by atoms with E-state index in [9.17, 15) is 13.2 Å². The molecule has 1 atom stereocenters. The Bertz CT molecular complexity index is 354. The summed E-state index contributed by atoms with van der Waals surface area (Å²) < 4.78 is 30.7. The van der Waals surface area contributed by atoms with E-state index in [0.29, 0.717) is 6.42 Å². The summed E-state index contributed by atoms with van der Waals surface area (Å²) in [6, 6.07) is 0. The van der Waals surface area contributed by atoms with Gasteiger partial charge in [-0.2, -0.15) is 8.42 Å². The number of halogens is 1. The van der Waals surface area contributed by atoms with Crippen LogP contribution in [0.2, 0.25) is 0 Å². The van der Waals surface area contributed by atoms with E-state index in [2.05, 4.69) is 6.92 Å². The standard InChI is InChI=1S/C14H27ClO4S/c1-2-3-4-5-6-7-8-9-10-11-12-13(14(15)16)20(17,18)19/h13H,2-12H2,1H3,(H,17,18,19). The summed E-state index contributed by atoms with van der Waals surface area (Å²) >= 11 is 5.17. The largest absolute Gasteiger partial charge is 0.285 e. The molecule has 120 valence electrons. The second kappa shape index (κ2) is 11.5. The smallest absolute Gasteiger partial charge is 0.276 e. The fourth-order valence-corrected chi connectivity index (χ4v) is 3.34. The van der Waals surface area contributed by atoms with Crippen LogP contribution in [0.25, 0.3) is 0 Å². The zero-order valence-electron chi connectivity index (χ0n) is 12.3. The second-order valence-electron chi connectivity index (χ2n) is 5.28. The number of hydrogen-bond acceptors (Lipinski definition) is 3. The van der Waals surface area contributed by atoms with Crippen LogP contribution in [0.5, 0.6) is 0 Å². The molecule has 1 N–H and O–H groups in total. The van der Waals surface area contributed by atoms with Gasteiger partial charge < -0.3 is 0 Å². The molecule has 0 saturated carbocycles. The normalized spacial score (nSPS) is 13.3. The van der Waals surface area contributed by atoms with Crippen LogP contribution in [-0.2, 0) is 14.9 Å². The first-order valence-electron chi connectivity index (χ1n) is 7.55. The molecule has 0 aromatic rings. The van der Waals surface area contributed by atoms with Gasteiger partial charge in [-0.05, 0) is 18.0 Å². The Morgan fingerprint density at radius 3 is 1.70 bits per heavy atom. The monoisotopic (exact) mass is 326 g/mol. The lowest BCUT2D eigenvalue weighted by atomic mass is 10.1. The summed E-state index contributed by atoms with van der Waals surface area (Å²) in [6.07, 6.45) is 11.4. The van der Waals surface area contributed by atoms with E-state index in [0.717, 1.165) is 19.3 Å². The maximum atomic E-state index is 10.9. The lowest BCUT2D eigenvalue weighted by molar-refractivity contribution is -0.111. The van der Waals surface area contributed by atoms with E-state index in [1.807, 2.05) is 0 Å². The molecule has 0 heterocycles. The Hall–Kier alpha value is -0.130. The van der Waals surface area contributed by atoms with Crippen molar-refractivity contribution >= 4 is 27.0 Å². The molecule has 0 amide bonds. The molecule has 6 heteroatoms. The molecule has 0 aromatic carbocycles. The van der Waals surface area contributed by atoms with Crippen LogP contribution < -0.4 is 0 Å². The molecule has 0 aliphatic rings. The van der Waals surface area contributed by atoms with Crippen LogP contribution in [0.4, 0.5) is 0 Å². The van der Waals surface area contributed by atoms with E-state index < -0.39 is 20.6 Å². The average Bonchev–Trinajstić information content (AvgIpc) is 2.34. The molecular weight excluding hydrogens is 300 g/mol. The molecule has 1 unspecified atom stereocenters. The van der Waals surface area contributed by atoms with Crippen LogP contribution in [0, 0.1) is 0 Å². The number of carbonyl (C=O) groups excluding carboxylic acids is 1. The molecule has 0 aromatic heterocycles. The van der Waals surface area contributed by atoms with Gasteiger partial charge in [0.05, 0.1) is 0 Å². The third-order valence-electron chi connectivity index (χ3n) is 3.43. The predicted octanol–water partition coefficient (Wildman–Crippen LogP) is 4.32. The highest BCUT2D eigenvalue weighted by Gasteiger charge is 2.28. The highest BCUT2D eigenvalue weighted by molar-refractivity contribution is 7.87. The first-order valence-corrected chi connectivity index (χ1v) is 9.43. The van der Waals surface area contributed by atoms with Crippen LogP contribution in [0.15, 0.2) is 0 Å². The third-order valence-corrected chi connectivity index (χ3v) is 4.99. The van der Waals surface area contributed by atoms with Gasteiger partial charge in [0.25, 0.3) is 10.1 Å². The number of hydrogen-bond donors (Lipinski definition) is 1. The van der Waals surface area contributed by atoms with Crippen molar-refractivity contribution in [3.63, 3.8) is 0 Å². The Labute approximate surface area is 128 Å². The summed E-state index contributed by atoms with van der Waals surface area (Å²) in [7, 11) is -4.36. The van der Waals surface area contributed by atoms with E-state index in [1.165, 1.54) is 38.5 Å². The Kier molecular flexibility index (Phi) is 11.4. The highest BCUT2D eigenvalue weighted by Crippen LogP contribution is 2.15. The summed E-state index contributed by atoms with van der Waals surface area (Å²) in [6.45, 7) is 2.20. The lowest BCUT2D eigenvalue weighted by Crippen LogP contribution is -2.26. The topological polar surface area (TPSA) is 71.4 Å². The lowest BCUT2D eigenvalue weighted by Gasteiger charge is -2.08. The van der Waals surface area contributed by atoms with Gasteiger partial charge >= 0.3 is 0 Å². The minimum atomic E-state index is -4.36. The molecule has 0 aliphatic carbocycles. The Balaban J connectivity index is 3.54. The molecule has 0 radical (unpaired) electrons. The van der Waals surface area contributed by atoms with E-state index in [4.69, 9.17) is 16.2 Å². The molecule has 0 rings (SSSR count). The first-order chi connectivity index (χ1) is 9.39. The van der Waals surface area contributed by atoms with Crippen molar-refractivity contribution in [3.05, 3.63) is 0 Å². The molecular formula is C14H27ClO4S. The van der Waals surface area contributed by atoms with Gasteiger partial charge in [0.2, 0.25) is 5.24 Å². The van der Waals surface area contributed by atoms with Crippen molar-refractivity contribution in [2.24, 2.45) is 0 Å². The number of carbonyl (C=O) groups is 1. The fraction of sp³-hybridized carbons (Fsp3) is 0.929. The third kappa shape index (κ3) is 10.6. The first kappa shape index (κ1) is 19.9. The molecule has 0 saturated heterocycles. The molecule has 4 nitrogen and oxygen atoms in total. The van der Waals surface area contributed by atoms with Gasteiger partial charge in [-0.25, -0.2) is 0 Å². The predicted molar refractivity (Wildman–Crippen MR) is 82.7 cm³/mol. The summed E-state index contributed by atoms with van der Waals surface area (Å²) in [4.78, 5) is 10.9. The van der Waals surface area contributed by atoms with Crippen molar-refractivity contribution in [3.8, 4) is 0 Å². The van der Waals surface area contributed by atoms with Gasteiger partial charge in [-0.15, -0.1) is 0 Å². The van der Waals surface area contributed by atoms with Crippen LogP contribution >= 0.6 is 11.6 Å². The van der Waals surface area contributed by atoms with E-state index in [-0.39, 0.29) is 6.42 Å². The van der Waals surface area contributed by atoms with Crippen molar-refractivity contribution in [2.75, 3.05) is 0 Å². The molecule has 0 bridgehead atoms. The van der Waals surface area contributed by atoms with Gasteiger partial charge in [0.1, 0.15) is 0 Å². The minimum absolute atomic E-state index is 0.109. The Morgan fingerprint density at radius 2 is 1.35 bits per heavy atom. The summed E-state index contributed by atoms with van der Waals surface area (Å²) in [5.74, 6) is 0. The molecule has 0 fully saturated rings. The van der Waals surface area contributed by atoms with Crippen molar-refractivity contribution in [1.29, 1.82) is 0 Å². The minimum Gasteiger partial charge on any atom is -0.285 e.